The van der Waals surface area contributed by atoms with Gasteiger partial charge in [0.1, 0.15) is 5.52 Å². The summed E-state index contributed by atoms with van der Waals surface area (Å²) >= 11 is 3.50. The van der Waals surface area contributed by atoms with Gasteiger partial charge < -0.3 is 10.2 Å². The van der Waals surface area contributed by atoms with E-state index in [9.17, 15) is 0 Å². The highest BCUT2D eigenvalue weighted by Gasteiger charge is 2.13. The van der Waals surface area contributed by atoms with Crippen LogP contribution in [0.25, 0.3) is 11.1 Å². The lowest BCUT2D eigenvalue weighted by atomic mass is 10.0. The average molecular weight is 331 g/mol. The number of benzene rings is 2. The van der Waals surface area contributed by atoms with Gasteiger partial charge in [0, 0.05) is 16.9 Å². The third-order valence-corrected chi connectivity index (χ3v) is 3.68. The molecule has 1 heterocycles. The SMILES string of the molecule is Cc1cc(Br)cc(C(N)Cc2nc3ccccc3o2)c1. The van der Waals surface area contributed by atoms with Gasteiger partial charge in [-0.2, -0.15) is 0 Å². The summed E-state index contributed by atoms with van der Waals surface area (Å²) in [5.41, 5.74) is 10.2. The summed E-state index contributed by atoms with van der Waals surface area (Å²) in [5.74, 6) is 0.677. The van der Waals surface area contributed by atoms with Crippen LogP contribution in [0.5, 0.6) is 0 Å². The maximum atomic E-state index is 6.27. The Morgan fingerprint density at radius 3 is 2.80 bits per heavy atom. The molecule has 3 aromatic rings. The number of para-hydroxylation sites is 2. The second-order valence-electron chi connectivity index (χ2n) is 4.95. The lowest BCUT2D eigenvalue weighted by Crippen LogP contribution is -2.13. The van der Waals surface area contributed by atoms with Crippen molar-refractivity contribution in [1.29, 1.82) is 0 Å². The van der Waals surface area contributed by atoms with Crippen LogP contribution in [0.15, 0.2) is 51.4 Å². The van der Waals surface area contributed by atoms with E-state index in [-0.39, 0.29) is 6.04 Å². The Labute approximate surface area is 125 Å². The van der Waals surface area contributed by atoms with Crippen LogP contribution in [-0.4, -0.2) is 4.98 Å². The first-order valence-corrected chi connectivity index (χ1v) is 7.28. The topological polar surface area (TPSA) is 52.0 Å². The number of halogens is 1. The molecule has 2 aromatic carbocycles. The van der Waals surface area contributed by atoms with Crippen LogP contribution in [0, 0.1) is 6.92 Å². The molecular formula is C16H15BrN2O. The van der Waals surface area contributed by atoms with Crippen molar-refractivity contribution < 1.29 is 4.42 Å². The van der Waals surface area contributed by atoms with Gasteiger partial charge >= 0.3 is 0 Å². The average Bonchev–Trinajstić information content (AvgIpc) is 2.79. The molecule has 0 saturated carbocycles. The number of aryl methyl sites for hydroxylation is 1. The normalized spacial score (nSPS) is 12.8. The maximum absolute atomic E-state index is 6.27. The molecular weight excluding hydrogens is 316 g/mol. The molecule has 1 unspecified atom stereocenters. The monoisotopic (exact) mass is 330 g/mol. The standard InChI is InChI=1S/C16H15BrN2O/c1-10-6-11(8-12(17)7-10)13(18)9-16-19-14-4-2-3-5-15(14)20-16/h2-8,13H,9,18H2,1H3. The van der Waals surface area contributed by atoms with Crippen LogP contribution in [-0.2, 0) is 6.42 Å². The minimum absolute atomic E-state index is 0.126. The second kappa shape index (κ2) is 5.38. The van der Waals surface area contributed by atoms with Crippen molar-refractivity contribution in [2.24, 2.45) is 5.73 Å². The molecule has 20 heavy (non-hydrogen) atoms. The van der Waals surface area contributed by atoms with Gasteiger partial charge in [-0.1, -0.05) is 34.1 Å². The summed E-state index contributed by atoms with van der Waals surface area (Å²) in [6.07, 6.45) is 0.588. The minimum atomic E-state index is -0.126. The van der Waals surface area contributed by atoms with Crippen LogP contribution < -0.4 is 5.73 Å². The van der Waals surface area contributed by atoms with E-state index in [4.69, 9.17) is 10.2 Å². The molecule has 0 aliphatic heterocycles. The van der Waals surface area contributed by atoms with Gasteiger partial charge in [0.05, 0.1) is 0 Å². The lowest BCUT2D eigenvalue weighted by molar-refractivity contribution is 0.502. The summed E-state index contributed by atoms with van der Waals surface area (Å²) < 4.78 is 6.76. The summed E-state index contributed by atoms with van der Waals surface area (Å²) in [6.45, 7) is 2.06. The molecule has 0 aliphatic carbocycles. The fourth-order valence-corrected chi connectivity index (χ4v) is 2.92. The molecule has 0 bridgehead atoms. The molecule has 0 amide bonds. The van der Waals surface area contributed by atoms with Gasteiger partial charge in [-0.05, 0) is 42.3 Å². The van der Waals surface area contributed by atoms with Crippen molar-refractivity contribution in [2.75, 3.05) is 0 Å². The third kappa shape index (κ3) is 2.76. The van der Waals surface area contributed by atoms with E-state index >= 15 is 0 Å². The first-order chi connectivity index (χ1) is 9.61. The number of nitrogens with zero attached hydrogens (tertiary/aromatic N) is 1. The lowest BCUT2D eigenvalue weighted by Gasteiger charge is -2.11. The van der Waals surface area contributed by atoms with Crippen LogP contribution in [0.3, 0.4) is 0 Å². The molecule has 0 radical (unpaired) electrons. The van der Waals surface area contributed by atoms with E-state index in [0.717, 1.165) is 21.1 Å². The predicted octanol–water partition coefficient (Wildman–Crippen LogP) is 4.14. The van der Waals surface area contributed by atoms with Crippen molar-refractivity contribution in [3.05, 3.63) is 64.0 Å². The van der Waals surface area contributed by atoms with Crippen molar-refractivity contribution in [3.63, 3.8) is 0 Å². The van der Waals surface area contributed by atoms with E-state index in [2.05, 4.69) is 40.0 Å². The molecule has 0 fully saturated rings. The second-order valence-corrected chi connectivity index (χ2v) is 5.86. The fraction of sp³-hybridized carbons (Fsp3) is 0.188. The van der Waals surface area contributed by atoms with Gasteiger partial charge in [-0.3, -0.25) is 0 Å². The van der Waals surface area contributed by atoms with Gasteiger partial charge in [0.25, 0.3) is 0 Å². The van der Waals surface area contributed by atoms with E-state index < -0.39 is 0 Å². The molecule has 0 spiro atoms. The smallest absolute Gasteiger partial charge is 0.197 e. The molecule has 3 nitrogen and oxygen atoms in total. The van der Waals surface area contributed by atoms with Crippen molar-refractivity contribution in [2.45, 2.75) is 19.4 Å². The first-order valence-electron chi connectivity index (χ1n) is 6.49. The largest absolute Gasteiger partial charge is 0.441 e. The van der Waals surface area contributed by atoms with E-state index in [0.29, 0.717) is 12.3 Å². The highest BCUT2D eigenvalue weighted by Crippen LogP contribution is 2.23. The number of nitrogens with two attached hydrogens (primary N) is 1. The fourth-order valence-electron chi connectivity index (χ4n) is 2.29. The summed E-state index contributed by atoms with van der Waals surface area (Å²) in [5, 5.41) is 0. The Hall–Kier alpha value is -1.65. The number of fused-ring (bicyclic) bond motifs is 1. The van der Waals surface area contributed by atoms with Crippen molar-refractivity contribution >= 4 is 27.0 Å². The van der Waals surface area contributed by atoms with E-state index in [1.165, 1.54) is 5.56 Å². The van der Waals surface area contributed by atoms with E-state index in [1.54, 1.807) is 0 Å². The Bertz CT molecular complexity index is 698. The molecule has 1 aromatic heterocycles. The molecule has 4 heteroatoms. The zero-order valence-electron chi connectivity index (χ0n) is 11.1. The number of hydrogen-bond acceptors (Lipinski definition) is 3. The Kier molecular flexibility index (Phi) is 3.59. The molecule has 3 rings (SSSR count). The minimum Gasteiger partial charge on any atom is -0.441 e. The summed E-state index contributed by atoms with van der Waals surface area (Å²) in [7, 11) is 0. The zero-order valence-corrected chi connectivity index (χ0v) is 12.7. The highest BCUT2D eigenvalue weighted by molar-refractivity contribution is 9.10. The van der Waals surface area contributed by atoms with Crippen LogP contribution in [0.2, 0.25) is 0 Å². The molecule has 1 atom stereocenters. The maximum Gasteiger partial charge on any atom is 0.197 e. The van der Waals surface area contributed by atoms with Gasteiger partial charge in [-0.25, -0.2) is 4.98 Å². The Balaban J connectivity index is 1.86. The van der Waals surface area contributed by atoms with E-state index in [1.807, 2.05) is 30.3 Å². The van der Waals surface area contributed by atoms with Gasteiger partial charge in [0.2, 0.25) is 0 Å². The van der Waals surface area contributed by atoms with Gasteiger partial charge in [0.15, 0.2) is 11.5 Å². The Morgan fingerprint density at radius 1 is 1.25 bits per heavy atom. The van der Waals surface area contributed by atoms with Crippen LogP contribution in [0.4, 0.5) is 0 Å². The zero-order chi connectivity index (χ0) is 14.1. The number of hydrogen-bond donors (Lipinski definition) is 1. The van der Waals surface area contributed by atoms with Crippen LogP contribution >= 0.6 is 15.9 Å². The molecule has 102 valence electrons. The molecule has 2 N–H and O–H groups in total. The van der Waals surface area contributed by atoms with Crippen molar-refractivity contribution in [3.8, 4) is 0 Å². The molecule has 0 saturated heterocycles. The van der Waals surface area contributed by atoms with Gasteiger partial charge in [-0.15, -0.1) is 0 Å². The quantitative estimate of drug-likeness (QED) is 0.785. The predicted molar refractivity (Wildman–Crippen MR) is 83.5 cm³/mol. The summed E-state index contributed by atoms with van der Waals surface area (Å²) in [6, 6.07) is 13.8. The number of rotatable bonds is 3. The highest BCUT2D eigenvalue weighted by atomic mass is 79.9. The Morgan fingerprint density at radius 2 is 2.05 bits per heavy atom. The molecule has 0 aliphatic rings. The third-order valence-electron chi connectivity index (χ3n) is 3.23. The number of aromatic nitrogens is 1. The van der Waals surface area contributed by atoms with Crippen LogP contribution in [0.1, 0.15) is 23.1 Å². The van der Waals surface area contributed by atoms with Crippen molar-refractivity contribution in [1.82, 2.24) is 4.98 Å². The first kappa shape index (κ1) is 13.3. The summed E-state index contributed by atoms with van der Waals surface area (Å²) in [4.78, 5) is 4.46. The number of oxazole rings is 1.